The second-order valence-electron chi connectivity index (χ2n) is 6.50. The van der Waals surface area contributed by atoms with Crippen LogP contribution in [0.15, 0.2) is 53.0 Å². The average molecular weight is 489 g/mol. The Bertz CT molecular complexity index is 1330. The lowest BCUT2D eigenvalue weighted by Gasteiger charge is -2.09. The van der Waals surface area contributed by atoms with Gasteiger partial charge in [-0.2, -0.15) is 8.75 Å². The Morgan fingerprint density at radius 1 is 1.13 bits per heavy atom. The van der Waals surface area contributed by atoms with Crippen LogP contribution in [-0.2, 0) is 4.79 Å². The highest BCUT2D eigenvalue weighted by Crippen LogP contribution is 2.30. The molecule has 31 heavy (non-hydrogen) atoms. The van der Waals surface area contributed by atoms with Crippen molar-refractivity contribution >= 4 is 81.0 Å². The molecule has 1 amide bonds. The number of thiocarbonyl (C=S) groups is 1. The number of halogens is 2. The van der Waals surface area contributed by atoms with Crippen LogP contribution in [0.2, 0.25) is 10.0 Å². The van der Waals surface area contributed by atoms with E-state index in [0.29, 0.717) is 38.3 Å². The van der Waals surface area contributed by atoms with Crippen LogP contribution in [0.1, 0.15) is 11.3 Å². The van der Waals surface area contributed by atoms with Crippen LogP contribution < -0.4 is 10.6 Å². The molecule has 2 N–H and O–H groups in total. The summed E-state index contributed by atoms with van der Waals surface area (Å²) in [7, 11) is 0. The van der Waals surface area contributed by atoms with E-state index in [0.717, 1.165) is 22.9 Å². The molecule has 2 aromatic heterocycles. The van der Waals surface area contributed by atoms with Crippen molar-refractivity contribution < 1.29 is 9.21 Å². The van der Waals surface area contributed by atoms with Gasteiger partial charge in [0.05, 0.1) is 22.4 Å². The number of benzene rings is 2. The van der Waals surface area contributed by atoms with Crippen LogP contribution in [0.4, 0.5) is 5.69 Å². The molecule has 2 aromatic carbocycles. The Morgan fingerprint density at radius 3 is 2.77 bits per heavy atom. The first kappa shape index (κ1) is 21.5. The maximum Gasteiger partial charge on any atom is 0.250 e. The fourth-order valence-electron chi connectivity index (χ4n) is 2.75. The van der Waals surface area contributed by atoms with Gasteiger partial charge in [0.25, 0.3) is 0 Å². The third kappa shape index (κ3) is 4.94. The van der Waals surface area contributed by atoms with Gasteiger partial charge >= 0.3 is 0 Å². The second kappa shape index (κ2) is 9.15. The maximum absolute atomic E-state index is 12.2. The van der Waals surface area contributed by atoms with Crippen molar-refractivity contribution in [3.05, 3.63) is 69.9 Å². The summed E-state index contributed by atoms with van der Waals surface area (Å²) in [5.41, 5.74) is 3.61. The molecule has 10 heteroatoms. The number of hydrogen-bond acceptors (Lipinski definition) is 6. The monoisotopic (exact) mass is 488 g/mol. The molecule has 0 radical (unpaired) electrons. The van der Waals surface area contributed by atoms with E-state index < -0.39 is 5.91 Å². The number of carbonyl (C=O) groups is 1. The Kier molecular flexibility index (Phi) is 6.33. The van der Waals surface area contributed by atoms with Crippen LogP contribution in [0.25, 0.3) is 28.4 Å². The molecule has 0 fully saturated rings. The highest BCUT2D eigenvalue weighted by molar-refractivity contribution is 7.80. The van der Waals surface area contributed by atoms with Crippen molar-refractivity contribution in [1.82, 2.24) is 14.1 Å². The van der Waals surface area contributed by atoms with Crippen LogP contribution in [0.3, 0.4) is 0 Å². The Hall–Kier alpha value is -2.78. The van der Waals surface area contributed by atoms with Gasteiger partial charge in [-0.1, -0.05) is 35.3 Å². The van der Waals surface area contributed by atoms with Gasteiger partial charge in [-0.05, 0) is 61.1 Å². The molecular formula is C21H14Cl2N4O2S2. The molecule has 0 aliphatic rings. The Balaban J connectivity index is 1.40. The number of rotatable bonds is 4. The number of carbonyl (C=O) groups excluding carboxylic acids is 1. The van der Waals surface area contributed by atoms with E-state index in [4.69, 9.17) is 39.8 Å². The Morgan fingerprint density at radius 2 is 1.97 bits per heavy atom. The third-order valence-electron chi connectivity index (χ3n) is 4.33. The summed E-state index contributed by atoms with van der Waals surface area (Å²) < 4.78 is 14.1. The van der Waals surface area contributed by atoms with Gasteiger partial charge in [-0.15, -0.1) is 0 Å². The summed E-state index contributed by atoms with van der Waals surface area (Å²) in [4.78, 5) is 12.2. The number of amides is 1. The fourth-order valence-corrected chi connectivity index (χ4v) is 3.87. The van der Waals surface area contributed by atoms with Gasteiger partial charge in [-0.25, -0.2) is 0 Å². The number of fused-ring (bicyclic) bond motifs is 1. The molecule has 2 heterocycles. The quantitative estimate of drug-likeness (QED) is 0.267. The molecule has 0 aliphatic carbocycles. The summed E-state index contributed by atoms with van der Waals surface area (Å²) in [5, 5.41) is 6.65. The summed E-state index contributed by atoms with van der Waals surface area (Å²) in [6.07, 6.45) is 2.88. The van der Waals surface area contributed by atoms with E-state index in [1.807, 2.05) is 31.2 Å². The lowest BCUT2D eigenvalue weighted by Crippen LogP contribution is -2.33. The molecule has 0 saturated carbocycles. The summed E-state index contributed by atoms with van der Waals surface area (Å²) in [5.74, 6) is 0.745. The fraction of sp³-hybridized carbons (Fsp3) is 0.0476. The van der Waals surface area contributed by atoms with Crippen molar-refractivity contribution in [3.8, 4) is 11.3 Å². The molecule has 0 unspecified atom stereocenters. The average Bonchev–Trinajstić information content (AvgIpc) is 3.40. The predicted molar refractivity (Wildman–Crippen MR) is 130 cm³/mol. The highest BCUT2D eigenvalue weighted by Gasteiger charge is 2.12. The number of nitrogens with one attached hydrogen (secondary N) is 2. The van der Waals surface area contributed by atoms with Crippen molar-refractivity contribution in [3.63, 3.8) is 0 Å². The van der Waals surface area contributed by atoms with Crippen molar-refractivity contribution in [2.75, 3.05) is 5.32 Å². The molecule has 0 atom stereocenters. The van der Waals surface area contributed by atoms with E-state index in [1.165, 1.54) is 6.08 Å². The minimum atomic E-state index is -0.423. The van der Waals surface area contributed by atoms with E-state index in [9.17, 15) is 4.79 Å². The van der Waals surface area contributed by atoms with Crippen molar-refractivity contribution in [2.45, 2.75) is 6.92 Å². The smallest absolute Gasteiger partial charge is 0.250 e. The van der Waals surface area contributed by atoms with E-state index in [2.05, 4.69) is 19.4 Å². The predicted octanol–water partition coefficient (Wildman–Crippen LogP) is 6.09. The number of hydrogen-bond donors (Lipinski definition) is 2. The zero-order valence-corrected chi connectivity index (χ0v) is 19.1. The zero-order valence-electron chi connectivity index (χ0n) is 16.0. The van der Waals surface area contributed by atoms with Gasteiger partial charge < -0.3 is 9.73 Å². The Labute approximate surface area is 197 Å². The van der Waals surface area contributed by atoms with Crippen LogP contribution in [-0.4, -0.2) is 19.8 Å². The number of furan rings is 1. The molecule has 6 nitrogen and oxygen atoms in total. The minimum Gasteiger partial charge on any atom is -0.457 e. The van der Waals surface area contributed by atoms with Gasteiger partial charge in [0.2, 0.25) is 5.91 Å². The normalized spacial score (nSPS) is 11.2. The SMILES string of the molecule is Cc1ccc(-c2ccc(/C=C/C(=O)NC(=S)Nc3c(Cl)ccc4nsnc34)o2)cc1Cl. The first-order valence-electron chi connectivity index (χ1n) is 8.98. The van der Waals surface area contributed by atoms with E-state index in [-0.39, 0.29) is 5.11 Å². The van der Waals surface area contributed by atoms with Crippen LogP contribution in [0.5, 0.6) is 0 Å². The summed E-state index contributed by atoms with van der Waals surface area (Å²) in [6.45, 7) is 1.93. The molecule has 4 rings (SSSR count). The number of nitrogens with zero attached hydrogens (tertiary/aromatic N) is 2. The highest BCUT2D eigenvalue weighted by atomic mass is 35.5. The van der Waals surface area contributed by atoms with Crippen LogP contribution in [0, 0.1) is 6.92 Å². The van der Waals surface area contributed by atoms with E-state index >= 15 is 0 Å². The van der Waals surface area contributed by atoms with Gasteiger partial charge in [0, 0.05) is 16.7 Å². The first-order chi connectivity index (χ1) is 14.9. The molecule has 0 spiro atoms. The maximum atomic E-state index is 12.2. The topological polar surface area (TPSA) is 80.0 Å². The summed E-state index contributed by atoms with van der Waals surface area (Å²) >= 11 is 18.7. The van der Waals surface area contributed by atoms with Crippen molar-refractivity contribution in [1.29, 1.82) is 0 Å². The lowest BCUT2D eigenvalue weighted by atomic mass is 10.1. The van der Waals surface area contributed by atoms with E-state index in [1.54, 1.807) is 24.3 Å². The van der Waals surface area contributed by atoms with Gasteiger partial charge in [0.15, 0.2) is 5.11 Å². The first-order valence-corrected chi connectivity index (χ1v) is 10.9. The molecule has 0 bridgehead atoms. The molecule has 156 valence electrons. The lowest BCUT2D eigenvalue weighted by molar-refractivity contribution is -0.115. The largest absolute Gasteiger partial charge is 0.457 e. The minimum absolute atomic E-state index is 0.0893. The standard InChI is InChI=1S/C21H14Cl2N4O2S2/c1-11-2-3-12(10-15(11)23)17-8-4-13(29-17)5-9-18(28)24-21(30)25-19-14(22)6-7-16-20(19)27-31-26-16/h2-10H,1H3,(H2,24,25,28,30)/b9-5+. The van der Waals surface area contributed by atoms with Crippen LogP contribution >= 0.6 is 47.1 Å². The molecule has 4 aromatic rings. The molecule has 0 aliphatic heterocycles. The number of aryl methyl sites for hydroxylation is 1. The van der Waals surface area contributed by atoms with Gasteiger partial charge in [0.1, 0.15) is 22.6 Å². The third-order valence-corrected chi connectivity index (χ3v) is 5.80. The molecular weight excluding hydrogens is 475 g/mol. The van der Waals surface area contributed by atoms with Gasteiger partial charge in [-0.3, -0.25) is 10.1 Å². The second-order valence-corrected chi connectivity index (χ2v) is 8.25. The summed E-state index contributed by atoms with van der Waals surface area (Å²) in [6, 6.07) is 12.7. The number of anilines is 1. The van der Waals surface area contributed by atoms with Crippen molar-refractivity contribution in [2.24, 2.45) is 0 Å². The number of aromatic nitrogens is 2. The zero-order chi connectivity index (χ0) is 22.0. The molecule has 0 saturated heterocycles.